The van der Waals surface area contributed by atoms with Crippen LogP contribution in [-0.4, -0.2) is 69.9 Å². The molecule has 29 heavy (non-hydrogen) atoms. The summed E-state index contributed by atoms with van der Waals surface area (Å²) in [7, 11) is 0. The van der Waals surface area contributed by atoms with Gasteiger partial charge in [-0.15, -0.1) is 0 Å². The Hall–Kier alpha value is -2.72. The Morgan fingerprint density at radius 1 is 1.24 bits per heavy atom. The van der Waals surface area contributed by atoms with Crippen molar-refractivity contribution in [3.8, 4) is 0 Å². The maximum absolute atomic E-state index is 11.0. The second kappa shape index (κ2) is 9.19. The number of nitrogens with one attached hydrogen (secondary N) is 2. The lowest BCUT2D eigenvalue weighted by molar-refractivity contribution is -0.117. The number of rotatable bonds is 10. The normalized spacial score (nSPS) is 17.2. The van der Waals surface area contributed by atoms with Gasteiger partial charge in [-0.3, -0.25) is 14.4 Å². The van der Waals surface area contributed by atoms with Gasteiger partial charge in [0.1, 0.15) is 5.82 Å². The first-order valence-corrected chi connectivity index (χ1v) is 10.2. The molecule has 0 radical (unpaired) electrons. The van der Waals surface area contributed by atoms with Gasteiger partial charge in [-0.2, -0.15) is 10.1 Å². The molecule has 0 unspecified atom stereocenters. The van der Waals surface area contributed by atoms with Gasteiger partial charge in [0.15, 0.2) is 0 Å². The second-order valence-corrected chi connectivity index (χ2v) is 7.49. The van der Waals surface area contributed by atoms with Crippen molar-refractivity contribution in [3.63, 3.8) is 0 Å². The van der Waals surface area contributed by atoms with Gasteiger partial charge < -0.3 is 21.1 Å². The number of nitrogens with two attached hydrogens (primary N) is 1. The third-order valence-electron chi connectivity index (χ3n) is 5.14. The minimum atomic E-state index is -0.331. The molecule has 1 aliphatic heterocycles. The van der Waals surface area contributed by atoms with Gasteiger partial charge in [-0.05, 0) is 18.8 Å². The molecule has 1 saturated carbocycles. The van der Waals surface area contributed by atoms with Crippen molar-refractivity contribution in [3.05, 3.63) is 24.2 Å². The van der Waals surface area contributed by atoms with Crippen molar-refractivity contribution < 1.29 is 9.53 Å². The van der Waals surface area contributed by atoms with E-state index in [2.05, 4.69) is 30.6 Å². The van der Waals surface area contributed by atoms with Crippen LogP contribution in [0.1, 0.15) is 30.7 Å². The lowest BCUT2D eigenvalue weighted by atomic mass is 10.2. The highest BCUT2D eigenvalue weighted by molar-refractivity contribution is 5.74. The van der Waals surface area contributed by atoms with E-state index in [0.717, 1.165) is 69.3 Å². The van der Waals surface area contributed by atoms with Gasteiger partial charge in [0.25, 0.3) is 0 Å². The summed E-state index contributed by atoms with van der Waals surface area (Å²) in [6.45, 7) is 5.78. The number of amides is 1. The molecule has 0 aromatic carbocycles. The average molecular weight is 400 g/mol. The predicted octanol–water partition coefficient (Wildman–Crippen LogP) is 0.914. The van der Waals surface area contributed by atoms with Gasteiger partial charge in [0.05, 0.1) is 31.6 Å². The molecule has 0 spiro atoms. The highest BCUT2D eigenvalue weighted by Crippen LogP contribution is 2.42. The van der Waals surface area contributed by atoms with Crippen molar-refractivity contribution in [1.82, 2.24) is 24.6 Å². The van der Waals surface area contributed by atoms with Crippen molar-refractivity contribution in [2.24, 2.45) is 5.73 Å². The van der Waals surface area contributed by atoms with E-state index >= 15 is 0 Å². The summed E-state index contributed by atoms with van der Waals surface area (Å²) in [5, 5.41) is 10.9. The van der Waals surface area contributed by atoms with Crippen LogP contribution in [0.15, 0.2) is 18.6 Å². The van der Waals surface area contributed by atoms with Crippen LogP contribution in [0.25, 0.3) is 0 Å². The van der Waals surface area contributed by atoms with Crippen molar-refractivity contribution in [2.75, 3.05) is 50.0 Å². The molecule has 4 N–H and O–H groups in total. The van der Waals surface area contributed by atoms with E-state index in [1.165, 1.54) is 0 Å². The van der Waals surface area contributed by atoms with Gasteiger partial charge in [-0.25, -0.2) is 4.98 Å². The van der Waals surface area contributed by atoms with E-state index in [0.29, 0.717) is 18.4 Å². The maximum Gasteiger partial charge on any atom is 0.229 e. The molecule has 0 bridgehead atoms. The lowest BCUT2D eigenvalue weighted by Gasteiger charge is -2.26. The first-order valence-electron chi connectivity index (χ1n) is 10.2. The van der Waals surface area contributed by atoms with E-state index < -0.39 is 0 Å². The van der Waals surface area contributed by atoms with Crippen molar-refractivity contribution in [1.29, 1.82) is 0 Å². The SMILES string of the molecule is NC(=O)CCNc1nc(Nc2cnn(CCN3CCOCC3)c2)ncc1C1CC1. The number of ether oxygens (including phenoxy) is 1. The monoisotopic (exact) mass is 400 g/mol. The van der Waals surface area contributed by atoms with E-state index in [-0.39, 0.29) is 12.3 Å². The van der Waals surface area contributed by atoms with Gasteiger partial charge in [-0.1, -0.05) is 0 Å². The summed E-state index contributed by atoms with van der Waals surface area (Å²) in [5.41, 5.74) is 7.17. The Morgan fingerprint density at radius 2 is 2.07 bits per heavy atom. The van der Waals surface area contributed by atoms with Crippen LogP contribution < -0.4 is 16.4 Å². The summed E-state index contributed by atoms with van der Waals surface area (Å²) < 4.78 is 7.30. The number of morpholine rings is 1. The molecule has 1 saturated heterocycles. The fraction of sp³-hybridized carbons (Fsp3) is 0.579. The molecule has 0 atom stereocenters. The number of anilines is 3. The Morgan fingerprint density at radius 3 is 2.83 bits per heavy atom. The minimum absolute atomic E-state index is 0.271. The smallest absolute Gasteiger partial charge is 0.229 e. The van der Waals surface area contributed by atoms with Crippen LogP contribution in [0, 0.1) is 0 Å². The van der Waals surface area contributed by atoms with Crippen LogP contribution in [0.2, 0.25) is 0 Å². The standard InChI is InChI=1S/C19H28N8O2/c20-17(28)3-4-21-18-16(14-1-2-14)12-22-19(25-18)24-15-11-23-27(13-15)6-5-26-7-9-29-10-8-26/h11-14H,1-10H2,(H2,20,28)(H2,21,22,24,25). The topological polar surface area (TPSA) is 123 Å². The number of primary amides is 1. The van der Waals surface area contributed by atoms with E-state index in [1.54, 1.807) is 6.20 Å². The molecule has 156 valence electrons. The average Bonchev–Trinajstić information content (AvgIpc) is 3.47. The zero-order chi connectivity index (χ0) is 20.1. The van der Waals surface area contributed by atoms with Crippen LogP contribution in [0.3, 0.4) is 0 Å². The van der Waals surface area contributed by atoms with E-state index in [4.69, 9.17) is 10.5 Å². The number of carbonyl (C=O) groups is 1. The zero-order valence-corrected chi connectivity index (χ0v) is 16.5. The number of aromatic nitrogens is 4. The predicted molar refractivity (Wildman–Crippen MR) is 109 cm³/mol. The van der Waals surface area contributed by atoms with Gasteiger partial charge in [0.2, 0.25) is 11.9 Å². The summed E-state index contributed by atoms with van der Waals surface area (Å²) >= 11 is 0. The summed E-state index contributed by atoms with van der Waals surface area (Å²) in [6.07, 6.45) is 8.17. The van der Waals surface area contributed by atoms with Crippen molar-refractivity contribution >= 4 is 23.4 Å². The molecular weight excluding hydrogens is 372 g/mol. The Kier molecular flexibility index (Phi) is 6.20. The molecule has 1 aliphatic carbocycles. The molecular formula is C19H28N8O2. The first kappa shape index (κ1) is 19.6. The highest BCUT2D eigenvalue weighted by atomic mass is 16.5. The molecule has 1 amide bonds. The molecule has 4 rings (SSSR count). The quantitative estimate of drug-likeness (QED) is 0.538. The fourth-order valence-corrected chi connectivity index (χ4v) is 3.34. The van der Waals surface area contributed by atoms with Crippen LogP contribution in [0.5, 0.6) is 0 Å². The van der Waals surface area contributed by atoms with Crippen LogP contribution in [-0.2, 0) is 16.1 Å². The Bertz CT molecular complexity index is 829. The largest absolute Gasteiger partial charge is 0.379 e. The van der Waals surface area contributed by atoms with Crippen LogP contribution in [0.4, 0.5) is 17.5 Å². The molecule has 10 heteroatoms. The summed E-state index contributed by atoms with van der Waals surface area (Å²) in [4.78, 5) is 22.4. The number of carbonyl (C=O) groups excluding carboxylic acids is 1. The molecule has 2 aliphatic rings. The summed E-state index contributed by atoms with van der Waals surface area (Å²) in [6, 6.07) is 0. The number of hydrogen-bond acceptors (Lipinski definition) is 8. The van der Waals surface area contributed by atoms with Gasteiger partial charge >= 0.3 is 0 Å². The molecule has 2 aromatic rings. The van der Waals surface area contributed by atoms with Crippen molar-refractivity contribution in [2.45, 2.75) is 31.7 Å². The van der Waals surface area contributed by atoms with Crippen LogP contribution >= 0.6 is 0 Å². The second-order valence-electron chi connectivity index (χ2n) is 7.49. The first-order chi connectivity index (χ1) is 14.2. The third-order valence-corrected chi connectivity index (χ3v) is 5.14. The van der Waals surface area contributed by atoms with E-state index in [9.17, 15) is 4.79 Å². The van der Waals surface area contributed by atoms with E-state index in [1.807, 2.05) is 17.1 Å². The fourth-order valence-electron chi connectivity index (χ4n) is 3.34. The number of hydrogen-bond donors (Lipinski definition) is 3. The Labute approximate surface area is 169 Å². The maximum atomic E-state index is 11.0. The van der Waals surface area contributed by atoms with Gasteiger partial charge in [0, 0.05) is 50.6 Å². The molecule has 10 nitrogen and oxygen atoms in total. The minimum Gasteiger partial charge on any atom is -0.379 e. The molecule has 2 fully saturated rings. The number of nitrogens with zero attached hydrogens (tertiary/aromatic N) is 5. The highest BCUT2D eigenvalue weighted by Gasteiger charge is 2.27. The Balaban J connectivity index is 1.35. The molecule has 2 aromatic heterocycles. The third kappa shape index (κ3) is 5.64. The lowest BCUT2D eigenvalue weighted by Crippen LogP contribution is -2.38. The zero-order valence-electron chi connectivity index (χ0n) is 16.5. The summed E-state index contributed by atoms with van der Waals surface area (Å²) in [5.74, 6) is 1.44. The molecule has 3 heterocycles.